The summed E-state index contributed by atoms with van der Waals surface area (Å²) in [5.41, 5.74) is 11.2. The zero-order valence-electron chi connectivity index (χ0n) is 14.8. The van der Waals surface area contributed by atoms with Gasteiger partial charge >= 0.3 is 0 Å². The van der Waals surface area contributed by atoms with E-state index in [2.05, 4.69) is 51.9 Å². The summed E-state index contributed by atoms with van der Waals surface area (Å²) in [5.74, 6) is 1.58. The molecule has 2 aromatic heterocycles. The molecule has 0 fully saturated rings. The molecule has 0 aliphatic carbocycles. The highest BCUT2D eigenvalue weighted by Crippen LogP contribution is 2.38. The van der Waals surface area contributed by atoms with Crippen molar-refractivity contribution in [1.29, 1.82) is 0 Å². The lowest BCUT2D eigenvalue weighted by molar-refractivity contribution is 1.10. The SMILES string of the molecule is CCc1ccc(-c2csc3nc(C)nc(Nc4ccc(N)cc4)c23)cc1. The molecule has 130 valence electrons. The first-order valence-electron chi connectivity index (χ1n) is 8.61. The summed E-state index contributed by atoms with van der Waals surface area (Å²) in [6.45, 7) is 4.09. The Kier molecular flexibility index (Phi) is 4.31. The van der Waals surface area contributed by atoms with Crippen molar-refractivity contribution in [3.05, 3.63) is 65.3 Å². The highest BCUT2D eigenvalue weighted by molar-refractivity contribution is 7.17. The largest absolute Gasteiger partial charge is 0.399 e. The van der Waals surface area contributed by atoms with Crippen molar-refractivity contribution in [2.24, 2.45) is 0 Å². The molecule has 5 heteroatoms. The number of aryl methyl sites for hydroxylation is 2. The predicted molar refractivity (Wildman–Crippen MR) is 111 cm³/mol. The number of thiophene rings is 1. The van der Waals surface area contributed by atoms with Crippen LogP contribution in [0.1, 0.15) is 18.3 Å². The van der Waals surface area contributed by atoms with E-state index in [9.17, 15) is 0 Å². The fourth-order valence-corrected chi connectivity index (χ4v) is 3.97. The van der Waals surface area contributed by atoms with Gasteiger partial charge in [-0.2, -0.15) is 0 Å². The topological polar surface area (TPSA) is 63.8 Å². The zero-order valence-corrected chi connectivity index (χ0v) is 15.6. The summed E-state index contributed by atoms with van der Waals surface area (Å²) in [6, 6.07) is 16.4. The minimum Gasteiger partial charge on any atom is -0.399 e. The number of hydrogen-bond donors (Lipinski definition) is 2. The van der Waals surface area contributed by atoms with Gasteiger partial charge in [-0.05, 0) is 48.7 Å². The Bertz CT molecular complexity index is 1050. The number of nitrogens with two attached hydrogens (primary N) is 1. The lowest BCUT2D eigenvalue weighted by atomic mass is 10.0. The van der Waals surface area contributed by atoms with Crippen LogP contribution < -0.4 is 11.1 Å². The first-order chi connectivity index (χ1) is 12.6. The second-order valence-corrected chi connectivity index (χ2v) is 7.10. The van der Waals surface area contributed by atoms with E-state index in [0.717, 1.165) is 45.2 Å². The molecule has 0 atom stereocenters. The maximum atomic E-state index is 5.79. The first kappa shape index (κ1) is 16.5. The minimum atomic E-state index is 0.742. The van der Waals surface area contributed by atoms with E-state index in [4.69, 9.17) is 5.73 Å². The van der Waals surface area contributed by atoms with Gasteiger partial charge in [-0.3, -0.25) is 0 Å². The number of nitrogens with one attached hydrogen (secondary N) is 1. The lowest BCUT2D eigenvalue weighted by Crippen LogP contribution is -1.98. The van der Waals surface area contributed by atoms with Gasteiger partial charge in [0.15, 0.2) is 0 Å². The molecule has 0 amide bonds. The third-order valence-electron chi connectivity index (χ3n) is 4.39. The Balaban J connectivity index is 1.83. The predicted octanol–water partition coefficient (Wildman–Crippen LogP) is 5.55. The lowest BCUT2D eigenvalue weighted by Gasteiger charge is -2.10. The van der Waals surface area contributed by atoms with Crippen molar-refractivity contribution in [1.82, 2.24) is 9.97 Å². The van der Waals surface area contributed by atoms with Crippen LogP contribution in [0.3, 0.4) is 0 Å². The fourth-order valence-electron chi connectivity index (χ4n) is 2.97. The van der Waals surface area contributed by atoms with E-state index in [1.165, 1.54) is 11.1 Å². The van der Waals surface area contributed by atoms with Gasteiger partial charge in [-0.1, -0.05) is 31.2 Å². The quantitative estimate of drug-likeness (QED) is 0.468. The molecular weight excluding hydrogens is 340 g/mol. The van der Waals surface area contributed by atoms with E-state index in [1.807, 2.05) is 31.2 Å². The van der Waals surface area contributed by atoms with Crippen molar-refractivity contribution >= 4 is 38.7 Å². The smallest absolute Gasteiger partial charge is 0.143 e. The van der Waals surface area contributed by atoms with Crippen LogP contribution in [-0.4, -0.2) is 9.97 Å². The van der Waals surface area contributed by atoms with Crippen molar-refractivity contribution < 1.29 is 0 Å². The van der Waals surface area contributed by atoms with Gasteiger partial charge in [0.05, 0.1) is 5.39 Å². The van der Waals surface area contributed by atoms with Gasteiger partial charge in [-0.25, -0.2) is 9.97 Å². The van der Waals surface area contributed by atoms with Crippen LogP contribution >= 0.6 is 11.3 Å². The van der Waals surface area contributed by atoms with Gasteiger partial charge in [-0.15, -0.1) is 11.3 Å². The summed E-state index contributed by atoms with van der Waals surface area (Å²) >= 11 is 1.65. The molecule has 0 bridgehead atoms. The molecule has 4 aromatic rings. The molecule has 0 saturated carbocycles. The standard InChI is InChI=1S/C21H20N4S/c1-3-14-4-6-15(7-5-14)18-12-26-21-19(18)20(23-13(2)24-21)25-17-10-8-16(22)9-11-17/h4-12H,3,22H2,1-2H3,(H,23,24,25). The van der Waals surface area contributed by atoms with Crippen LogP contribution in [-0.2, 0) is 6.42 Å². The Morgan fingerprint density at radius 1 is 1.00 bits per heavy atom. The number of benzene rings is 2. The monoisotopic (exact) mass is 360 g/mol. The van der Waals surface area contributed by atoms with Crippen molar-refractivity contribution in [3.8, 4) is 11.1 Å². The fraction of sp³-hybridized carbons (Fsp3) is 0.143. The summed E-state index contributed by atoms with van der Waals surface area (Å²) < 4.78 is 0. The van der Waals surface area contributed by atoms with Crippen molar-refractivity contribution in [2.75, 3.05) is 11.1 Å². The van der Waals surface area contributed by atoms with Crippen LogP contribution in [0.2, 0.25) is 0 Å². The molecule has 0 aliphatic heterocycles. The average Bonchev–Trinajstić information content (AvgIpc) is 3.07. The molecule has 0 spiro atoms. The van der Waals surface area contributed by atoms with E-state index < -0.39 is 0 Å². The third-order valence-corrected chi connectivity index (χ3v) is 5.26. The third kappa shape index (κ3) is 3.13. The van der Waals surface area contributed by atoms with Crippen LogP contribution in [0.15, 0.2) is 53.9 Å². The number of rotatable bonds is 4. The van der Waals surface area contributed by atoms with Crippen LogP contribution in [0, 0.1) is 6.92 Å². The summed E-state index contributed by atoms with van der Waals surface area (Å²) in [6.07, 6.45) is 1.04. The Morgan fingerprint density at radius 2 is 1.73 bits per heavy atom. The van der Waals surface area contributed by atoms with Gasteiger partial charge in [0.25, 0.3) is 0 Å². The molecule has 4 rings (SSSR count). The summed E-state index contributed by atoms with van der Waals surface area (Å²) in [7, 11) is 0. The number of aromatic nitrogens is 2. The van der Waals surface area contributed by atoms with Gasteiger partial charge in [0.2, 0.25) is 0 Å². The molecular formula is C21H20N4S. The number of nitrogen functional groups attached to an aromatic ring is 1. The molecule has 0 saturated heterocycles. The summed E-state index contributed by atoms with van der Waals surface area (Å²) in [5, 5.41) is 6.65. The van der Waals surface area contributed by atoms with Gasteiger partial charge in [0.1, 0.15) is 16.5 Å². The van der Waals surface area contributed by atoms with Gasteiger partial charge in [0, 0.05) is 22.3 Å². The van der Waals surface area contributed by atoms with Crippen LogP contribution in [0.25, 0.3) is 21.3 Å². The number of hydrogen-bond acceptors (Lipinski definition) is 5. The molecule has 2 heterocycles. The highest BCUT2D eigenvalue weighted by Gasteiger charge is 2.14. The molecule has 2 aromatic carbocycles. The number of fused-ring (bicyclic) bond motifs is 1. The molecule has 4 nitrogen and oxygen atoms in total. The van der Waals surface area contributed by atoms with Gasteiger partial charge < -0.3 is 11.1 Å². The zero-order chi connectivity index (χ0) is 18.1. The van der Waals surface area contributed by atoms with Crippen LogP contribution in [0.4, 0.5) is 17.2 Å². The van der Waals surface area contributed by atoms with E-state index >= 15 is 0 Å². The molecule has 3 N–H and O–H groups in total. The second kappa shape index (κ2) is 6.77. The van der Waals surface area contributed by atoms with E-state index in [0.29, 0.717) is 0 Å². The normalized spacial score (nSPS) is 11.0. The molecule has 26 heavy (non-hydrogen) atoms. The Hall–Kier alpha value is -2.92. The maximum absolute atomic E-state index is 5.79. The Labute approximate surface area is 156 Å². The molecule has 0 unspecified atom stereocenters. The molecule has 0 radical (unpaired) electrons. The second-order valence-electron chi connectivity index (χ2n) is 6.25. The van der Waals surface area contributed by atoms with E-state index in [-0.39, 0.29) is 0 Å². The van der Waals surface area contributed by atoms with Crippen molar-refractivity contribution in [2.45, 2.75) is 20.3 Å². The van der Waals surface area contributed by atoms with E-state index in [1.54, 1.807) is 11.3 Å². The Morgan fingerprint density at radius 3 is 2.42 bits per heavy atom. The summed E-state index contributed by atoms with van der Waals surface area (Å²) in [4.78, 5) is 10.3. The average molecular weight is 360 g/mol. The van der Waals surface area contributed by atoms with Crippen molar-refractivity contribution in [3.63, 3.8) is 0 Å². The number of nitrogens with zero attached hydrogens (tertiary/aromatic N) is 2. The minimum absolute atomic E-state index is 0.742. The number of anilines is 3. The highest BCUT2D eigenvalue weighted by atomic mass is 32.1. The first-order valence-corrected chi connectivity index (χ1v) is 9.49. The molecule has 0 aliphatic rings. The van der Waals surface area contributed by atoms with Crippen LogP contribution in [0.5, 0.6) is 0 Å². The maximum Gasteiger partial charge on any atom is 0.143 e.